The highest BCUT2D eigenvalue weighted by molar-refractivity contribution is 5.85. The molecule has 82 valence electrons. The molecule has 0 saturated carbocycles. The van der Waals surface area contributed by atoms with E-state index in [1.54, 1.807) is 6.07 Å². The van der Waals surface area contributed by atoms with Crippen LogP contribution in [0.2, 0.25) is 0 Å². The van der Waals surface area contributed by atoms with Gasteiger partial charge in [0.1, 0.15) is 0 Å². The fraction of sp³-hybridized carbons (Fsp3) is 0.222. The third kappa shape index (κ3) is 2.57. The SMILES string of the molecule is Cl.N#Cc1ccc(F)c(O)c1[C@H](N)CO. The molecule has 0 bridgehead atoms. The molecule has 0 aromatic heterocycles. The van der Waals surface area contributed by atoms with Crippen molar-refractivity contribution >= 4 is 12.4 Å². The van der Waals surface area contributed by atoms with Crippen molar-refractivity contribution < 1.29 is 14.6 Å². The predicted molar refractivity (Wildman–Crippen MR) is 54.0 cm³/mol. The first kappa shape index (κ1) is 13.7. The van der Waals surface area contributed by atoms with Gasteiger partial charge in [0.25, 0.3) is 0 Å². The summed E-state index contributed by atoms with van der Waals surface area (Å²) < 4.78 is 12.9. The smallest absolute Gasteiger partial charge is 0.165 e. The van der Waals surface area contributed by atoms with Crippen LogP contribution in [-0.4, -0.2) is 16.8 Å². The molecule has 4 nitrogen and oxygen atoms in total. The molecule has 0 aliphatic heterocycles. The van der Waals surface area contributed by atoms with E-state index in [0.717, 1.165) is 6.07 Å². The van der Waals surface area contributed by atoms with Crippen molar-refractivity contribution in [2.24, 2.45) is 5.73 Å². The molecule has 0 radical (unpaired) electrons. The molecule has 0 saturated heterocycles. The number of nitrogens with zero attached hydrogens (tertiary/aromatic N) is 1. The van der Waals surface area contributed by atoms with Crippen LogP contribution in [0.4, 0.5) is 4.39 Å². The van der Waals surface area contributed by atoms with E-state index in [9.17, 15) is 9.50 Å². The number of nitriles is 1. The summed E-state index contributed by atoms with van der Waals surface area (Å²) in [7, 11) is 0. The normalized spacial score (nSPS) is 11.3. The summed E-state index contributed by atoms with van der Waals surface area (Å²) in [4.78, 5) is 0. The van der Waals surface area contributed by atoms with Gasteiger partial charge >= 0.3 is 0 Å². The summed E-state index contributed by atoms with van der Waals surface area (Å²) in [5.74, 6) is -1.53. The number of nitrogens with two attached hydrogens (primary N) is 1. The quantitative estimate of drug-likeness (QED) is 0.704. The fourth-order valence-electron chi connectivity index (χ4n) is 1.15. The standard InChI is InChI=1S/C9H9FN2O2.ClH/c10-6-2-1-5(3-11)8(9(6)14)7(12)4-13;/h1-2,7,13-14H,4,12H2;1H/t7-;/m1./s1. The van der Waals surface area contributed by atoms with Gasteiger partial charge in [-0.05, 0) is 12.1 Å². The molecule has 0 aliphatic carbocycles. The maximum Gasteiger partial charge on any atom is 0.165 e. The van der Waals surface area contributed by atoms with Crippen molar-refractivity contribution in [2.75, 3.05) is 6.61 Å². The molecular formula is C9H10ClFN2O2. The molecule has 0 aliphatic rings. The van der Waals surface area contributed by atoms with Gasteiger partial charge in [-0.25, -0.2) is 4.39 Å². The Balaban J connectivity index is 0.00000196. The van der Waals surface area contributed by atoms with E-state index in [1.165, 1.54) is 6.07 Å². The van der Waals surface area contributed by atoms with Crippen molar-refractivity contribution in [3.8, 4) is 11.8 Å². The first-order valence-electron chi connectivity index (χ1n) is 3.89. The van der Waals surface area contributed by atoms with Crippen molar-refractivity contribution in [2.45, 2.75) is 6.04 Å². The minimum Gasteiger partial charge on any atom is -0.505 e. The number of phenols is 1. The van der Waals surface area contributed by atoms with E-state index in [4.69, 9.17) is 16.1 Å². The lowest BCUT2D eigenvalue weighted by molar-refractivity contribution is 0.264. The predicted octanol–water partition coefficient (Wildman–Crippen LogP) is 0.817. The number of hydrogen-bond acceptors (Lipinski definition) is 4. The molecule has 0 unspecified atom stereocenters. The molecule has 1 aromatic carbocycles. The minimum atomic E-state index is -0.958. The summed E-state index contributed by atoms with van der Waals surface area (Å²) in [6.07, 6.45) is 0. The lowest BCUT2D eigenvalue weighted by Crippen LogP contribution is -2.16. The van der Waals surface area contributed by atoms with Crippen LogP contribution in [0.1, 0.15) is 17.2 Å². The summed E-state index contributed by atoms with van der Waals surface area (Å²) in [6.45, 7) is -0.467. The summed E-state index contributed by atoms with van der Waals surface area (Å²) in [5.41, 5.74) is 5.41. The van der Waals surface area contributed by atoms with Crippen LogP contribution in [0.5, 0.6) is 5.75 Å². The largest absolute Gasteiger partial charge is 0.505 e. The number of halogens is 2. The van der Waals surface area contributed by atoms with Gasteiger partial charge in [0.15, 0.2) is 11.6 Å². The first-order chi connectivity index (χ1) is 6.61. The fourth-order valence-corrected chi connectivity index (χ4v) is 1.15. The Bertz CT molecular complexity index is 392. The third-order valence-corrected chi connectivity index (χ3v) is 1.86. The number of aliphatic hydroxyl groups excluding tert-OH is 1. The van der Waals surface area contributed by atoms with Crippen LogP contribution in [0.25, 0.3) is 0 Å². The third-order valence-electron chi connectivity index (χ3n) is 1.86. The van der Waals surface area contributed by atoms with Crippen molar-refractivity contribution in [3.63, 3.8) is 0 Å². The molecule has 1 rings (SSSR count). The monoisotopic (exact) mass is 232 g/mol. The molecule has 0 fully saturated rings. The highest BCUT2D eigenvalue weighted by Crippen LogP contribution is 2.28. The van der Waals surface area contributed by atoms with E-state index in [-0.39, 0.29) is 23.5 Å². The number of phenolic OH excluding ortho intramolecular Hbond substituents is 1. The zero-order valence-electron chi connectivity index (χ0n) is 7.64. The second kappa shape index (κ2) is 5.51. The Morgan fingerprint density at radius 1 is 1.53 bits per heavy atom. The Hall–Kier alpha value is -1.35. The molecule has 0 spiro atoms. The number of hydrogen-bond donors (Lipinski definition) is 3. The number of benzene rings is 1. The van der Waals surface area contributed by atoms with Gasteiger partial charge in [-0.15, -0.1) is 12.4 Å². The van der Waals surface area contributed by atoms with Gasteiger partial charge in [-0.1, -0.05) is 0 Å². The zero-order chi connectivity index (χ0) is 10.7. The van der Waals surface area contributed by atoms with Crippen molar-refractivity contribution in [1.29, 1.82) is 5.26 Å². The number of rotatable bonds is 2. The topological polar surface area (TPSA) is 90.3 Å². The molecule has 4 N–H and O–H groups in total. The summed E-state index contributed by atoms with van der Waals surface area (Å²) >= 11 is 0. The van der Waals surface area contributed by atoms with Crippen LogP contribution in [-0.2, 0) is 0 Å². The molecule has 15 heavy (non-hydrogen) atoms. The zero-order valence-corrected chi connectivity index (χ0v) is 8.46. The van der Waals surface area contributed by atoms with E-state index in [1.807, 2.05) is 0 Å². The highest BCUT2D eigenvalue weighted by Gasteiger charge is 2.18. The number of aliphatic hydroxyl groups is 1. The Labute approximate surface area is 92.2 Å². The average Bonchev–Trinajstić information content (AvgIpc) is 2.20. The van der Waals surface area contributed by atoms with Gasteiger partial charge in [0.2, 0.25) is 0 Å². The van der Waals surface area contributed by atoms with E-state index in [0.29, 0.717) is 0 Å². The van der Waals surface area contributed by atoms with Crippen LogP contribution >= 0.6 is 12.4 Å². The summed E-state index contributed by atoms with van der Waals surface area (Å²) in [5, 5.41) is 26.7. The lowest BCUT2D eigenvalue weighted by Gasteiger charge is -2.12. The Kier molecular flexibility index (Phi) is 5.02. The number of aromatic hydroxyl groups is 1. The highest BCUT2D eigenvalue weighted by atomic mass is 35.5. The van der Waals surface area contributed by atoms with Gasteiger partial charge < -0.3 is 15.9 Å². The van der Waals surface area contributed by atoms with Gasteiger partial charge in [0.05, 0.1) is 24.3 Å². The Morgan fingerprint density at radius 3 is 2.60 bits per heavy atom. The van der Waals surface area contributed by atoms with Crippen molar-refractivity contribution in [3.05, 3.63) is 29.1 Å². The minimum absolute atomic E-state index is 0. The van der Waals surface area contributed by atoms with Gasteiger partial charge in [-0.2, -0.15) is 5.26 Å². The van der Waals surface area contributed by atoms with Crippen LogP contribution in [0.3, 0.4) is 0 Å². The molecular weight excluding hydrogens is 223 g/mol. The van der Waals surface area contributed by atoms with E-state index >= 15 is 0 Å². The van der Waals surface area contributed by atoms with Crippen LogP contribution in [0, 0.1) is 17.1 Å². The summed E-state index contributed by atoms with van der Waals surface area (Å²) in [6, 6.07) is 2.98. The molecule has 1 atom stereocenters. The molecule has 1 aromatic rings. The van der Waals surface area contributed by atoms with E-state index in [2.05, 4.69) is 0 Å². The van der Waals surface area contributed by atoms with Crippen LogP contribution in [0.15, 0.2) is 12.1 Å². The maximum atomic E-state index is 12.9. The van der Waals surface area contributed by atoms with Crippen molar-refractivity contribution in [1.82, 2.24) is 0 Å². The molecule has 6 heteroatoms. The van der Waals surface area contributed by atoms with Gasteiger partial charge in [0, 0.05) is 5.56 Å². The first-order valence-corrected chi connectivity index (χ1v) is 3.89. The second-order valence-corrected chi connectivity index (χ2v) is 2.76. The second-order valence-electron chi connectivity index (χ2n) is 2.76. The van der Waals surface area contributed by atoms with Crippen LogP contribution < -0.4 is 5.73 Å². The molecule has 0 amide bonds. The van der Waals surface area contributed by atoms with Gasteiger partial charge in [-0.3, -0.25) is 0 Å². The Morgan fingerprint density at radius 2 is 2.13 bits per heavy atom. The average molecular weight is 233 g/mol. The maximum absolute atomic E-state index is 12.9. The molecule has 0 heterocycles. The van der Waals surface area contributed by atoms with E-state index < -0.39 is 24.2 Å². The lowest BCUT2D eigenvalue weighted by atomic mass is 10.0.